The van der Waals surface area contributed by atoms with Gasteiger partial charge >= 0.3 is 0 Å². The van der Waals surface area contributed by atoms with Gasteiger partial charge < -0.3 is 20.3 Å². The van der Waals surface area contributed by atoms with Gasteiger partial charge in [-0.3, -0.25) is 4.79 Å². The number of halogens is 1. The molecule has 1 saturated heterocycles. The van der Waals surface area contributed by atoms with Gasteiger partial charge in [-0.1, -0.05) is 30.3 Å². The van der Waals surface area contributed by atoms with Crippen LogP contribution in [0.25, 0.3) is 11.2 Å². The minimum absolute atomic E-state index is 0. The number of nitrogens with zero attached hydrogens (tertiary/aromatic N) is 3. The van der Waals surface area contributed by atoms with Gasteiger partial charge in [-0.15, -0.1) is 12.4 Å². The molecule has 1 fully saturated rings. The van der Waals surface area contributed by atoms with Crippen LogP contribution in [0.5, 0.6) is 0 Å². The molecule has 8 heteroatoms. The SMILES string of the molecule is Cl.Cn1cnc2c(C(=O)N[C@]3(c4ccccc4)CCNC[C@H]3O)ccnc21. The number of rotatable bonds is 3. The summed E-state index contributed by atoms with van der Waals surface area (Å²) in [7, 11) is 1.84. The summed E-state index contributed by atoms with van der Waals surface area (Å²) in [4.78, 5) is 21.7. The van der Waals surface area contributed by atoms with Crippen molar-refractivity contribution >= 4 is 29.5 Å². The standard InChI is InChI=1S/C19H21N5O2.ClH/c1-24-12-22-16-14(7-9-21-17(16)24)18(26)23-19(8-10-20-11-15(19)25)13-5-3-2-4-6-13;/h2-7,9,12,15,20,25H,8,10-11H2,1H3,(H,23,26);1H/t15-,19+;/m1./s1. The highest BCUT2D eigenvalue weighted by molar-refractivity contribution is 6.04. The summed E-state index contributed by atoms with van der Waals surface area (Å²) in [6.07, 6.45) is 3.11. The number of carbonyl (C=O) groups excluding carboxylic acids is 1. The quantitative estimate of drug-likeness (QED) is 0.631. The number of pyridine rings is 1. The molecule has 27 heavy (non-hydrogen) atoms. The van der Waals surface area contributed by atoms with Crippen molar-refractivity contribution in [3.8, 4) is 0 Å². The molecule has 0 saturated carbocycles. The summed E-state index contributed by atoms with van der Waals surface area (Å²) >= 11 is 0. The summed E-state index contributed by atoms with van der Waals surface area (Å²) in [6.45, 7) is 1.13. The Kier molecular flexibility index (Phi) is 5.46. The lowest BCUT2D eigenvalue weighted by Gasteiger charge is -2.43. The number of nitrogens with one attached hydrogen (secondary N) is 2. The zero-order valence-corrected chi connectivity index (χ0v) is 15.7. The second kappa shape index (κ2) is 7.64. The van der Waals surface area contributed by atoms with E-state index in [1.54, 1.807) is 23.2 Å². The Hall–Kier alpha value is -2.48. The molecule has 3 aromatic rings. The van der Waals surface area contributed by atoms with Crippen LogP contribution in [0.15, 0.2) is 48.9 Å². The third kappa shape index (κ3) is 3.29. The van der Waals surface area contributed by atoms with E-state index in [1.165, 1.54) is 0 Å². The summed E-state index contributed by atoms with van der Waals surface area (Å²) in [5, 5.41) is 17.1. The first kappa shape index (κ1) is 19.3. The number of amides is 1. The molecule has 0 bridgehead atoms. The zero-order chi connectivity index (χ0) is 18.1. The maximum atomic E-state index is 13.1. The number of benzene rings is 1. The predicted octanol–water partition coefficient (Wildman–Crippen LogP) is 1.37. The molecule has 1 amide bonds. The van der Waals surface area contributed by atoms with E-state index in [0.29, 0.717) is 36.2 Å². The van der Waals surface area contributed by atoms with Crippen molar-refractivity contribution in [2.24, 2.45) is 7.05 Å². The lowest BCUT2D eigenvalue weighted by atomic mass is 9.79. The van der Waals surface area contributed by atoms with Gasteiger partial charge in [0.1, 0.15) is 5.52 Å². The Morgan fingerprint density at radius 2 is 2.07 bits per heavy atom. The third-order valence-corrected chi connectivity index (χ3v) is 5.07. The number of aliphatic hydroxyl groups is 1. The number of aryl methyl sites for hydroxylation is 1. The molecule has 4 rings (SSSR count). The highest BCUT2D eigenvalue weighted by Gasteiger charge is 2.43. The summed E-state index contributed by atoms with van der Waals surface area (Å²) in [5.41, 5.74) is 1.72. The Bertz CT molecular complexity index is 946. The number of aromatic nitrogens is 3. The average molecular weight is 388 g/mol. The van der Waals surface area contributed by atoms with Crippen LogP contribution in [0.3, 0.4) is 0 Å². The van der Waals surface area contributed by atoms with Crippen molar-refractivity contribution in [3.05, 3.63) is 60.0 Å². The van der Waals surface area contributed by atoms with E-state index in [-0.39, 0.29) is 18.3 Å². The van der Waals surface area contributed by atoms with Crippen LogP contribution in [0.4, 0.5) is 0 Å². The van der Waals surface area contributed by atoms with Gasteiger partial charge in [0.05, 0.1) is 23.5 Å². The molecule has 142 valence electrons. The zero-order valence-electron chi connectivity index (χ0n) is 14.9. The third-order valence-electron chi connectivity index (χ3n) is 5.07. The van der Waals surface area contributed by atoms with Crippen molar-refractivity contribution in [1.29, 1.82) is 0 Å². The predicted molar refractivity (Wildman–Crippen MR) is 105 cm³/mol. The minimum atomic E-state index is -0.839. The van der Waals surface area contributed by atoms with E-state index in [4.69, 9.17) is 0 Å². The largest absolute Gasteiger partial charge is 0.389 e. The van der Waals surface area contributed by atoms with Crippen molar-refractivity contribution in [1.82, 2.24) is 25.2 Å². The first-order valence-electron chi connectivity index (χ1n) is 8.65. The smallest absolute Gasteiger partial charge is 0.254 e. The number of carbonyl (C=O) groups is 1. The molecule has 0 unspecified atom stereocenters. The monoisotopic (exact) mass is 387 g/mol. The van der Waals surface area contributed by atoms with Crippen LogP contribution in [-0.2, 0) is 12.6 Å². The Balaban J connectivity index is 0.00000210. The molecule has 1 aromatic carbocycles. The van der Waals surface area contributed by atoms with Gasteiger partial charge in [0.2, 0.25) is 0 Å². The summed E-state index contributed by atoms with van der Waals surface area (Å²) < 4.78 is 1.78. The van der Waals surface area contributed by atoms with E-state index < -0.39 is 11.6 Å². The van der Waals surface area contributed by atoms with Gasteiger partial charge in [0.25, 0.3) is 5.91 Å². The molecule has 2 atom stereocenters. The molecule has 0 spiro atoms. The van der Waals surface area contributed by atoms with Gasteiger partial charge in [-0.05, 0) is 24.6 Å². The summed E-state index contributed by atoms with van der Waals surface area (Å²) in [6, 6.07) is 11.3. The highest BCUT2D eigenvalue weighted by Crippen LogP contribution is 2.31. The number of aliphatic hydroxyl groups excluding tert-OH is 1. The van der Waals surface area contributed by atoms with Crippen LogP contribution >= 0.6 is 12.4 Å². The van der Waals surface area contributed by atoms with Crippen molar-refractivity contribution in [2.75, 3.05) is 13.1 Å². The number of β-amino-alcohol motifs (C(OH)–C–C–N with tert-alkyl or cyclic N) is 1. The van der Waals surface area contributed by atoms with Gasteiger partial charge in [-0.2, -0.15) is 0 Å². The minimum Gasteiger partial charge on any atom is -0.389 e. The molecule has 1 aliphatic rings. The molecular weight excluding hydrogens is 366 g/mol. The molecule has 0 aliphatic carbocycles. The first-order chi connectivity index (χ1) is 12.6. The van der Waals surface area contributed by atoms with Crippen molar-refractivity contribution in [2.45, 2.75) is 18.1 Å². The van der Waals surface area contributed by atoms with Crippen molar-refractivity contribution in [3.63, 3.8) is 0 Å². The van der Waals surface area contributed by atoms with Crippen LogP contribution in [0, 0.1) is 0 Å². The molecule has 1 aliphatic heterocycles. The van der Waals surface area contributed by atoms with Gasteiger partial charge in [-0.25, -0.2) is 9.97 Å². The second-order valence-electron chi connectivity index (χ2n) is 6.65. The number of piperidine rings is 1. The molecule has 2 aromatic heterocycles. The topological polar surface area (TPSA) is 92.1 Å². The number of fused-ring (bicyclic) bond motifs is 1. The number of hydrogen-bond donors (Lipinski definition) is 3. The van der Waals surface area contributed by atoms with E-state index in [9.17, 15) is 9.90 Å². The fourth-order valence-corrected chi connectivity index (χ4v) is 3.64. The van der Waals surface area contributed by atoms with E-state index in [0.717, 1.165) is 5.56 Å². The first-order valence-corrected chi connectivity index (χ1v) is 8.65. The lowest BCUT2D eigenvalue weighted by Crippen LogP contribution is -2.61. The average Bonchev–Trinajstić information content (AvgIpc) is 3.05. The fraction of sp³-hybridized carbons (Fsp3) is 0.316. The maximum Gasteiger partial charge on any atom is 0.254 e. The van der Waals surface area contributed by atoms with Crippen LogP contribution in [-0.4, -0.2) is 44.7 Å². The second-order valence-corrected chi connectivity index (χ2v) is 6.65. The van der Waals surface area contributed by atoms with E-state index >= 15 is 0 Å². The molecule has 3 N–H and O–H groups in total. The highest BCUT2D eigenvalue weighted by atomic mass is 35.5. The maximum absolute atomic E-state index is 13.1. The van der Waals surface area contributed by atoms with E-state index in [2.05, 4.69) is 20.6 Å². The fourth-order valence-electron chi connectivity index (χ4n) is 3.64. The molecule has 3 heterocycles. The lowest BCUT2D eigenvalue weighted by molar-refractivity contribution is 0.0290. The Morgan fingerprint density at radius 3 is 2.81 bits per heavy atom. The Morgan fingerprint density at radius 1 is 1.30 bits per heavy atom. The number of hydrogen-bond acceptors (Lipinski definition) is 5. The van der Waals surface area contributed by atoms with Gasteiger partial charge in [0, 0.05) is 19.8 Å². The van der Waals surface area contributed by atoms with Crippen LogP contribution in [0.2, 0.25) is 0 Å². The molecular formula is C19H22ClN5O2. The van der Waals surface area contributed by atoms with Crippen LogP contribution < -0.4 is 10.6 Å². The van der Waals surface area contributed by atoms with E-state index in [1.807, 2.05) is 37.4 Å². The molecule has 0 radical (unpaired) electrons. The summed E-state index contributed by atoms with van der Waals surface area (Å²) in [5.74, 6) is -0.263. The molecule has 7 nitrogen and oxygen atoms in total. The van der Waals surface area contributed by atoms with Crippen molar-refractivity contribution < 1.29 is 9.90 Å². The van der Waals surface area contributed by atoms with Gasteiger partial charge in [0.15, 0.2) is 5.65 Å². The van der Waals surface area contributed by atoms with Crippen LogP contribution in [0.1, 0.15) is 22.3 Å². The normalized spacial score (nSPS) is 22.2. The Labute approximate surface area is 163 Å². The number of imidazole rings is 1.